The van der Waals surface area contributed by atoms with Crippen molar-refractivity contribution in [2.24, 2.45) is 11.8 Å². The summed E-state index contributed by atoms with van der Waals surface area (Å²) in [4.78, 5) is 29.4. The van der Waals surface area contributed by atoms with Gasteiger partial charge in [-0.15, -0.1) is 0 Å². The summed E-state index contributed by atoms with van der Waals surface area (Å²) in [7, 11) is 0. The van der Waals surface area contributed by atoms with Gasteiger partial charge >= 0.3 is 0 Å². The van der Waals surface area contributed by atoms with Gasteiger partial charge in [-0.1, -0.05) is 75.8 Å². The van der Waals surface area contributed by atoms with Crippen molar-refractivity contribution in [3.63, 3.8) is 0 Å². The van der Waals surface area contributed by atoms with Gasteiger partial charge in [0.25, 0.3) is 0 Å². The highest BCUT2D eigenvalue weighted by Gasteiger charge is 2.36. The molecule has 0 spiro atoms. The molecule has 2 amide bonds. The number of hydrogen-bond acceptors (Lipinski definition) is 3. The van der Waals surface area contributed by atoms with Gasteiger partial charge in [0, 0.05) is 25.6 Å². The number of nitrogens with one attached hydrogen (secondary N) is 1. The third-order valence-corrected chi connectivity index (χ3v) is 7.33. The van der Waals surface area contributed by atoms with Crippen LogP contribution < -0.4 is 5.32 Å². The lowest BCUT2D eigenvalue weighted by Crippen LogP contribution is -2.49. The van der Waals surface area contributed by atoms with Gasteiger partial charge < -0.3 is 15.0 Å². The summed E-state index contributed by atoms with van der Waals surface area (Å²) < 4.78 is 5.71. The molecule has 1 heterocycles. The molecule has 1 aliphatic carbocycles. The first-order valence-corrected chi connectivity index (χ1v) is 12.8. The molecule has 2 aliphatic rings. The molecular formula is C27H42N2O3. The summed E-state index contributed by atoms with van der Waals surface area (Å²) in [6.07, 6.45) is 9.42. The summed E-state index contributed by atoms with van der Waals surface area (Å²) in [6, 6.07) is 7.51. The Bertz CT molecular complexity index is 717. The van der Waals surface area contributed by atoms with Crippen LogP contribution in [0.25, 0.3) is 0 Å². The minimum Gasteiger partial charge on any atom is -0.376 e. The number of aryl methyl sites for hydroxylation is 1. The van der Waals surface area contributed by atoms with E-state index in [9.17, 15) is 9.59 Å². The quantitative estimate of drug-likeness (QED) is 0.543. The molecule has 1 aromatic rings. The molecule has 1 saturated carbocycles. The highest BCUT2D eigenvalue weighted by Crippen LogP contribution is 2.31. The Morgan fingerprint density at radius 3 is 2.31 bits per heavy atom. The Morgan fingerprint density at radius 1 is 1.03 bits per heavy atom. The van der Waals surface area contributed by atoms with Crippen molar-refractivity contribution in [1.29, 1.82) is 0 Å². The van der Waals surface area contributed by atoms with Gasteiger partial charge in [0.15, 0.2) is 0 Å². The second-order valence-corrected chi connectivity index (χ2v) is 9.70. The first kappa shape index (κ1) is 24.8. The Hall–Kier alpha value is -1.88. The van der Waals surface area contributed by atoms with Gasteiger partial charge in [0.05, 0.1) is 6.10 Å². The first-order valence-electron chi connectivity index (χ1n) is 12.8. The minimum absolute atomic E-state index is 0.0389. The highest BCUT2D eigenvalue weighted by molar-refractivity contribution is 5.89. The fourth-order valence-electron chi connectivity index (χ4n) is 5.07. The average Bonchev–Trinajstić information content (AvgIpc) is 3.35. The normalized spacial score (nSPS) is 20.3. The second-order valence-electron chi connectivity index (χ2n) is 9.70. The second kappa shape index (κ2) is 12.4. The lowest BCUT2D eigenvalue weighted by molar-refractivity contribution is -0.145. The zero-order chi connectivity index (χ0) is 22.9. The molecule has 2 atom stereocenters. The molecule has 0 bridgehead atoms. The molecule has 1 aromatic carbocycles. The lowest BCUT2D eigenvalue weighted by Gasteiger charge is -2.37. The van der Waals surface area contributed by atoms with E-state index in [4.69, 9.17) is 4.74 Å². The zero-order valence-electron chi connectivity index (χ0n) is 20.3. The SMILES string of the molecule is CCC(CC)CN(C(=O)C1CCCCC1)C(C(=O)NCC1CCCO1)c1ccc(C)cc1. The van der Waals surface area contributed by atoms with Gasteiger partial charge in [-0.25, -0.2) is 0 Å². The molecule has 0 aromatic heterocycles. The van der Waals surface area contributed by atoms with Gasteiger partial charge in [0.2, 0.25) is 11.8 Å². The Morgan fingerprint density at radius 2 is 1.72 bits per heavy atom. The molecule has 5 heteroatoms. The van der Waals surface area contributed by atoms with Crippen LogP contribution in [0.15, 0.2) is 24.3 Å². The maximum absolute atomic E-state index is 13.8. The zero-order valence-corrected chi connectivity index (χ0v) is 20.3. The van der Waals surface area contributed by atoms with Crippen LogP contribution >= 0.6 is 0 Å². The number of carbonyl (C=O) groups is 2. The Balaban J connectivity index is 1.89. The molecule has 3 rings (SSSR count). The maximum Gasteiger partial charge on any atom is 0.247 e. The number of hydrogen-bond donors (Lipinski definition) is 1. The molecule has 32 heavy (non-hydrogen) atoms. The van der Waals surface area contributed by atoms with Gasteiger partial charge in [-0.05, 0) is 44.1 Å². The van der Waals surface area contributed by atoms with E-state index in [-0.39, 0.29) is 23.8 Å². The topological polar surface area (TPSA) is 58.6 Å². The molecule has 1 N–H and O–H groups in total. The van der Waals surface area contributed by atoms with Crippen LogP contribution in [0.1, 0.15) is 88.8 Å². The van der Waals surface area contributed by atoms with Crippen LogP contribution in [0.3, 0.4) is 0 Å². The fraction of sp³-hybridized carbons (Fsp3) is 0.704. The van der Waals surface area contributed by atoms with Crippen LogP contribution in [0, 0.1) is 18.8 Å². The number of ether oxygens (including phenoxy) is 1. The van der Waals surface area contributed by atoms with Crippen molar-refractivity contribution in [2.75, 3.05) is 19.7 Å². The van der Waals surface area contributed by atoms with Gasteiger partial charge in [0.1, 0.15) is 6.04 Å². The average molecular weight is 443 g/mol. The van der Waals surface area contributed by atoms with E-state index >= 15 is 0 Å². The predicted octanol–water partition coefficient (Wildman–Crippen LogP) is 5.18. The van der Waals surface area contributed by atoms with Crippen LogP contribution in [0.5, 0.6) is 0 Å². The summed E-state index contributed by atoms with van der Waals surface area (Å²) in [5.74, 6) is 0.507. The van der Waals surface area contributed by atoms with E-state index in [2.05, 4.69) is 19.2 Å². The summed E-state index contributed by atoms with van der Waals surface area (Å²) >= 11 is 0. The lowest BCUT2D eigenvalue weighted by atomic mass is 9.87. The third-order valence-electron chi connectivity index (χ3n) is 7.33. The van der Waals surface area contributed by atoms with E-state index in [1.165, 1.54) is 6.42 Å². The van der Waals surface area contributed by atoms with Crippen LogP contribution in [0.2, 0.25) is 0 Å². The monoisotopic (exact) mass is 442 g/mol. The van der Waals surface area contributed by atoms with E-state index in [1.54, 1.807) is 0 Å². The third kappa shape index (κ3) is 6.57. The van der Waals surface area contributed by atoms with E-state index in [1.807, 2.05) is 36.1 Å². The number of amides is 2. The van der Waals surface area contributed by atoms with Crippen molar-refractivity contribution in [2.45, 2.75) is 90.7 Å². The largest absolute Gasteiger partial charge is 0.376 e. The van der Waals surface area contributed by atoms with Crippen LogP contribution in [-0.2, 0) is 14.3 Å². The molecule has 1 saturated heterocycles. The smallest absolute Gasteiger partial charge is 0.247 e. The van der Waals surface area contributed by atoms with Crippen molar-refractivity contribution >= 4 is 11.8 Å². The number of carbonyl (C=O) groups excluding carboxylic acids is 2. The van der Waals surface area contributed by atoms with Crippen molar-refractivity contribution in [1.82, 2.24) is 10.2 Å². The molecule has 2 unspecified atom stereocenters. The van der Waals surface area contributed by atoms with Crippen molar-refractivity contribution in [3.05, 3.63) is 35.4 Å². The van der Waals surface area contributed by atoms with E-state index in [0.29, 0.717) is 19.0 Å². The molecule has 1 aliphatic heterocycles. The number of rotatable bonds is 10. The Labute approximate surface area is 194 Å². The van der Waals surface area contributed by atoms with Gasteiger partial charge in [-0.2, -0.15) is 0 Å². The summed E-state index contributed by atoms with van der Waals surface area (Å²) in [6.45, 7) is 8.31. The van der Waals surface area contributed by atoms with Crippen molar-refractivity contribution in [3.8, 4) is 0 Å². The number of benzene rings is 1. The van der Waals surface area contributed by atoms with E-state index in [0.717, 1.165) is 69.1 Å². The maximum atomic E-state index is 13.8. The minimum atomic E-state index is -0.591. The highest BCUT2D eigenvalue weighted by atomic mass is 16.5. The molecular weight excluding hydrogens is 400 g/mol. The standard InChI is InChI=1S/C27H42N2O3/c1-4-21(5-2)19-29(27(31)23-10-7-6-8-11-23)25(22-15-13-20(3)14-16-22)26(30)28-18-24-12-9-17-32-24/h13-16,21,23-25H,4-12,17-19H2,1-3H3,(H,28,30). The van der Waals surface area contributed by atoms with Crippen LogP contribution in [-0.4, -0.2) is 42.5 Å². The van der Waals surface area contributed by atoms with Crippen LogP contribution in [0.4, 0.5) is 0 Å². The van der Waals surface area contributed by atoms with E-state index < -0.39 is 6.04 Å². The molecule has 0 radical (unpaired) electrons. The summed E-state index contributed by atoms with van der Waals surface area (Å²) in [5, 5.41) is 3.13. The van der Waals surface area contributed by atoms with Crippen molar-refractivity contribution < 1.29 is 14.3 Å². The van der Waals surface area contributed by atoms with Gasteiger partial charge in [-0.3, -0.25) is 9.59 Å². The molecule has 5 nitrogen and oxygen atoms in total. The predicted molar refractivity (Wildman–Crippen MR) is 128 cm³/mol. The molecule has 178 valence electrons. The first-order chi connectivity index (χ1) is 15.5. The fourth-order valence-corrected chi connectivity index (χ4v) is 5.07. The number of nitrogens with zero attached hydrogens (tertiary/aromatic N) is 1. The summed E-state index contributed by atoms with van der Waals surface area (Å²) in [5.41, 5.74) is 2.05. The molecule has 2 fully saturated rings. The Kier molecular flexibility index (Phi) is 9.58.